The first-order valence-electron chi connectivity index (χ1n) is 8.41. The summed E-state index contributed by atoms with van der Waals surface area (Å²) in [7, 11) is -3.56. The normalized spacial score (nSPS) is 16.9. The van der Waals surface area contributed by atoms with Crippen molar-refractivity contribution < 1.29 is 17.9 Å². The van der Waals surface area contributed by atoms with Crippen LogP contribution in [0.15, 0.2) is 29.2 Å². The highest BCUT2D eigenvalue weighted by molar-refractivity contribution is 7.89. The van der Waals surface area contributed by atoms with E-state index in [0.29, 0.717) is 18.7 Å². The van der Waals surface area contributed by atoms with Crippen molar-refractivity contribution in [2.75, 3.05) is 32.8 Å². The van der Waals surface area contributed by atoms with Crippen molar-refractivity contribution in [3.63, 3.8) is 0 Å². The summed E-state index contributed by atoms with van der Waals surface area (Å²) < 4.78 is 32.1. The van der Waals surface area contributed by atoms with Crippen LogP contribution in [0.2, 0.25) is 0 Å². The summed E-state index contributed by atoms with van der Waals surface area (Å²) in [6.45, 7) is 7.41. The van der Waals surface area contributed by atoms with Gasteiger partial charge in [0.25, 0.3) is 0 Å². The van der Waals surface area contributed by atoms with Gasteiger partial charge in [0.1, 0.15) is 0 Å². The van der Waals surface area contributed by atoms with Crippen LogP contribution in [-0.2, 0) is 14.8 Å². The maximum absolute atomic E-state index is 12.3. The molecule has 24 heavy (non-hydrogen) atoms. The Kier molecular flexibility index (Phi) is 6.77. The van der Waals surface area contributed by atoms with E-state index in [9.17, 15) is 13.2 Å². The van der Waals surface area contributed by atoms with Crippen LogP contribution in [0.3, 0.4) is 0 Å². The monoisotopic (exact) mass is 354 g/mol. The molecule has 0 bridgehead atoms. The van der Waals surface area contributed by atoms with E-state index in [1.165, 1.54) is 37.1 Å². The second kappa shape index (κ2) is 8.60. The zero-order valence-corrected chi connectivity index (χ0v) is 15.1. The number of nitrogens with zero attached hydrogens (tertiary/aromatic N) is 1. The van der Waals surface area contributed by atoms with Gasteiger partial charge in [0.2, 0.25) is 10.0 Å². The van der Waals surface area contributed by atoms with Crippen molar-refractivity contribution >= 4 is 16.0 Å². The van der Waals surface area contributed by atoms with Crippen LogP contribution in [0.1, 0.15) is 37.0 Å². The molecular weight excluding hydrogens is 328 g/mol. The lowest BCUT2D eigenvalue weighted by Gasteiger charge is -2.30. The summed E-state index contributed by atoms with van der Waals surface area (Å²) in [5, 5.41) is 0. The Morgan fingerprint density at radius 3 is 2.46 bits per heavy atom. The Labute approximate surface area is 144 Å². The van der Waals surface area contributed by atoms with Gasteiger partial charge in [-0.2, -0.15) is 0 Å². The van der Waals surface area contributed by atoms with E-state index in [1.807, 2.05) is 0 Å². The molecule has 0 spiro atoms. The van der Waals surface area contributed by atoms with Gasteiger partial charge in [0, 0.05) is 13.1 Å². The topological polar surface area (TPSA) is 75.7 Å². The molecule has 0 aliphatic carbocycles. The third-order valence-corrected chi connectivity index (χ3v) is 5.75. The molecule has 1 fully saturated rings. The van der Waals surface area contributed by atoms with Crippen molar-refractivity contribution in [2.24, 2.45) is 5.92 Å². The molecule has 0 atom stereocenters. The van der Waals surface area contributed by atoms with Crippen molar-refractivity contribution in [3.8, 4) is 0 Å². The van der Waals surface area contributed by atoms with E-state index in [4.69, 9.17) is 4.74 Å². The Morgan fingerprint density at radius 2 is 1.88 bits per heavy atom. The van der Waals surface area contributed by atoms with Crippen LogP contribution in [0.5, 0.6) is 0 Å². The molecule has 1 aromatic rings. The Bertz CT molecular complexity index is 635. The van der Waals surface area contributed by atoms with E-state index in [2.05, 4.69) is 16.5 Å². The average Bonchev–Trinajstić information content (AvgIpc) is 2.57. The SMILES string of the molecule is CCOC(=O)c1ccc(S(=O)(=O)NCCN2CCC(C)CC2)cc1. The molecule has 0 radical (unpaired) electrons. The fraction of sp³-hybridized carbons (Fsp3) is 0.588. The average molecular weight is 354 g/mol. The second-order valence-corrected chi connectivity index (χ2v) is 7.93. The molecule has 6 nitrogen and oxygen atoms in total. The fourth-order valence-corrected chi connectivity index (χ4v) is 3.71. The fourth-order valence-electron chi connectivity index (χ4n) is 2.69. The molecule has 134 valence electrons. The predicted molar refractivity (Wildman–Crippen MR) is 92.4 cm³/mol. The van der Waals surface area contributed by atoms with Crippen LogP contribution in [0.4, 0.5) is 0 Å². The molecule has 1 saturated heterocycles. The molecule has 0 unspecified atom stereocenters. The van der Waals surface area contributed by atoms with Gasteiger partial charge in [-0.25, -0.2) is 17.9 Å². The summed E-state index contributed by atoms with van der Waals surface area (Å²) in [6.07, 6.45) is 2.34. The van der Waals surface area contributed by atoms with Crippen molar-refractivity contribution in [3.05, 3.63) is 29.8 Å². The zero-order chi connectivity index (χ0) is 17.6. The smallest absolute Gasteiger partial charge is 0.338 e. The quantitative estimate of drug-likeness (QED) is 0.757. The molecule has 1 heterocycles. The third-order valence-electron chi connectivity index (χ3n) is 4.27. The molecule has 1 N–H and O–H groups in total. The van der Waals surface area contributed by atoms with Crippen LogP contribution in [-0.4, -0.2) is 52.1 Å². The van der Waals surface area contributed by atoms with Crippen molar-refractivity contribution in [2.45, 2.75) is 31.6 Å². The molecule has 0 amide bonds. The molecule has 7 heteroatoms. The Balaban J connectivity index is 1.87. The van der Waals surface area contributed by atoms with Gasteiger partial charge in [-0.3, -0.25) is 0 Å². The minimum Gasteiger partial charge on any atom is -0.462 e. The van der Waals surface area contributed by atoms with Crippen LogP contribution >= 0.6 is 0 Å². The minimum atomic E-state index is -3.56. The van der Waals surface area contributed by atoms with Crippen LogP contribution < -0.4 is 4.72 Å². The molecule has 0 saturated carbocycles. The number of rotatable bonds is 7. The number of nitrogens with one attached hydrogen (secondary N) is 1. The molecular formula is C17H26N2O4S. The van der Waals surface area contributed by atoms with Crippen molar-refractivity contribution in [1.29, 1.82) is 0 Å². The van der Waals surface area contributed by atoms with E-state index in [-0.39, 0.29) is 11.5 Å². The third kappa shape index (κ3) is 5.29. The number of hydrogen-bond acceptors (Lipinski definition) is 5. The molecule has 1 aliphatic rings. The standard InChI is InChI=1S/C17H26N2O4S/c1-3-23-17(20)15-4-6-16(7-5-15)24(21,22)18-10-13-19-11-8-14(2)9-12-19/h4-7,14,18H,3,8-13H2,1-2H3. The summed E-state index contributed by atoms with van der Waals surface area (Å²) in [6, 6.07) is 5.80. The maximum Gasteiger partial charge on any atom is 0.338 e. The molecule has 1 aromatic carbocycles. The lowest BCUT2D eigenvalue weighted by atomic mass is 9.99. The Morgan fingerprint density at radius 1 is 1.25 bits per heavy atom. The van der Waals surface area contributed by atoms with Gasteiger partial charge in [0.15, 0.2) is 0 Å². The van der Waals surface area contributed by atoms with Crippen LogP contribution in [0.25, 0.3) is 0 Å². The lowest BCUT2D eigenvalue weighted by molar-refractivity contribution is 0.0526. The number of ether oxygens (including phenoxy) is 1. The first-order valence-corrected chi connectivity index (χ1v) is 9.90. The minimum absolute atomic E-state index is 0.155. The number of esters is 1. The summed E-state index contributed by atoms with van der Waals surface area (Å²) in [4.78, 5) is 14.0. The first kappa shape index (κ1) is 18.9. The Hall–Kier alpha value is -1.44. The first-order chi connectivity index (χ1) is 11.4. The maximum atomic E-state index is 12.3. The highest BCUT2D eigenvalue weighted by atomic mass is 32.2. The number of piperidine rings is 1. The summed E-state index contributed by atoms with van der Waals surface area (Å²) >= 11 is 0. The molecule has 1 aliphatic heterocycles. The zero-order valence-electron chi connectivity index (χ0n) is 14.3. The molecule has 2 rings (SSSR count). The second-order valence-electron chi connectivity index (χ2n) is 6.17. The van der Waals surface area contributed by atoms with Gasteiger partial charge in [-0.15, -0.1) is 0 Å². The van der Waals surface area contributed by atoms with E-state index < -0.39 is 16.0 Å². The van der Waals surface area contributed by atoms with Gasteiger partial charge in [0.05, 0.1) is 17.1 Å². The largest absolute Gasteiger partial charge is 0.462 e. The van der Waals surface area contributed by atoms with Gasteiger partial charge in [-0.05, 0) is 63.0 Å². The van der Waals surface area contributed by atoms with Gasteiger partial charge < -0.3 is 9.64 Å². The highest BCUT2D eigenvalue weighted by Crippen LogP contribution is 2.15. The summed E-state index contributed by atoms with van der Waals surface area (Å²) in [5.41, 5.74) is 0.346. The number of hydrogen-bond donors (Lipinski definition) is 1. The van der Waals surface area contributed by atoms with Crippen molar-refractivity contribution in [1.82, 2.24) is 9.62 Å². The van der Waals surface area contributed by atoms with E-state index in [1.54, 1.807) is 6.92 Å². The van der Waals surface area contributed by atoms with E-state index in [0.717, 1.165) is 19.0 Å². The van der Waals surface area contributed by atoms with E-state index >= 15 is 0 Å². The number of likely N-dealkylation sites (tertiary alicyclic amines) is 1. The lowest BCUT2D eigenvalue weighted by Crippen LogP contribution is -2.39. The molecule has 0 aromatic heterocycles. The number of benzene rings is 1. The number of sulfonamides is 1. The van der Waals surface area contributed by atoms with Crippen LogP contribution in [0, 0.1) is 5.92 Å². The van der Waals surface area contributed by atoms with Gasteiger partial charge in [-0.1, -0.05) is 6.92 Å². The number of carbonyl (C=O) groups excluding carboxylic acids is 1. The number of carbonyl (C=O) groups is 1. The highest BCUT2D eigenvalue weighted by Gasteiger charge is 2.18. The summed E-state index contributed by atoms with van der Waals surface area (Å²) in [5.74, 6) is 0.310. The van der Waals surface area contributed by atoms with Gasteiger partial charge >= 0.3 is 5.97 Å². The predicted octanol–water partition coefficient (Wildman–Crippen LogP) is 1.87.